The Morgan fingerprint density at radius 1 is 1.38 bits per heavy atom. The maximum atomic E-state index is 12.5. The summed E-state index contributed by atoms with van der Waals surface area (Å²) in [5.74, 6) is -0.0715. The fourth-order valence-electron chi connectivity index (χ4n) is 2.87. The molecule has 3 heterocycles. The van der Waals surface area contributed by atoms with Gasteiger partial charge in [0.15, 0.2) is 0 Å². The average Bonchev–Trinajstić information content (AvgIpc) is 3.11. The van der Waals surface area contributed by atoms with E-state index in [2.05, 4.69) is 10.3 Å². The summed E-state index contributed by atoms with van der Waals surface area (Å²) in [4.78, 5) is 31.7. The minimum Gasteiger partial charge on any atom is -0.347 e. The zero-order chi connectivity index (χ0) is 17.1. The molecule has 1 aliphatic heterocycles. The van der Waals surface area contributed by atoms with Crippen LogP contribution < -0.4 is 5.32 Å². The molecule has 6 heteroatoms. The number of thiophene rings is 1. The molecule has 0 aliphatic carbocycles. The minimum atomic E-state index is -0.124. The molecule has 1 fully saturated rings. The molecule has 0 unspecified atom stereocenters. The first-order valence-corrected chi connectivity index (χ1v) is 8.99. The summed E-state index contributed by atoms with van der Waals surface area (Å²) in [6, 6.07) is 5.57. The van der Waals surface area contributed by atoms with Crippen molar-refractivity contribution in [1.82, 2.24) is 15.2 Å². The normalized spacial score (nSPS) is 17.6. The summed E-state index contributed by atoms with van der Waals surface area (Å²) in [7, 11) is 0. The van der Waals surface area contributed by atoms with Gasteiger partial charge in [-0.15, -0.1) is 11.3 Å². The van der Waals surface area contributed by atoms with Crippen LogP contribution in [-0.4, -0.2) is 40.8 Å². The monoisotopic (exact) mass is 343 g/mol. The molecule has 2 amide bonds. The quantitative estimate of drug-likeness (QED) is 0.932. The Hall–Kier alpha value is -2.21. The highest BCUT2D eigenvalue weighted by atomic mass is 32.1. The second-order valence-electron chi connectivity index (χ2n) is 6.17. The number of carbonyl (C=O) groups is 2. The molecule has 1 saturated heterocycles. The maximum absolute atomic E-state index is 12.5. The minimum absolute atomic E-state index is 0.0169. The SMILES string of the molecule is Cc1cc(C(=O)N[C@@H]2CCCN(C(=O)c3cccs3)C2)cnc1C. The fraction of sp³-hybridized carbons (Fsp3) is 0.389. The lowest BCUT2D eigenvalue weighted by atomic mass is 10.0. The van der Waals surface area contributed by atoms with Crippen molar-refractivity contribution >= 4 is 23.2 Å². The number of hydrogen-bond acceptors (Lipinski definition) is 4. The van der Waals surface area contributed by atoms with E-state index in [1.54, 1.807) is 6.20 Å². The molecule has 0 saturated carbocycles. The Labute approximate surface area is 145 Å². The van der Waals surface area contributed by atoms with E-state index in [4.69, 9.17) is 0 Å². The molecule has 5 nitrogen and oxygen atoms in total. The Morgan fingerprint density at radius 3 is 2.92 bits per heavy atom. The van der Waals surface area contributed by atoms with Gasteiger partial charge in [0.1, 0.15) is 0 Å². The lowest BCUT2D eigenvalue weighted by Gasteiger charge is -2.33. The Bertz CT molecular complexity index is 743. The highest BCUT2D eigenvalue weighted by Crippen LogP contribution is 2.17. The van der Waals surface area contributed by atoms with Gasteiger partial charge in [0.05, 0.1) is 10.4 Å². The maximum Gasteiger partial charge on any atom is 0.263 e. The van der Waals surface area contributed by atoms with Gasteiger partial charge in [-0.3, -0.25) is 14.6 Å². The fourth-order valence-corrected chi connectivity index (χ4v) is 3.56. The molecule has 0 spiro atoms. The second kappa shape index (κ2) is 7.13. The summed E-state index contributed by atoms with van der Waals surface area (Å²) >= 11 is 1.45. The van der Waals surface area contributed by atoms with E-state index in [1.807, 2.05) is 42.3 Å². The second-order valence-corrected chi connectivity index (χ2v) is 7.12. The third-order valence-electron chi connectivity index (χ3n) is 4.38. The average molecular weight is 343 g/mol. The molecule has 0 radical (unpaired) electrons. The van der Waals surface area contributed by atoms with Gasteiger partial charge in [0.25, 0.3) is 11.8 Å². The van der Waals surface area contributed by atoms with E-state index in [0.717, 1.165) is 35.5 Å². The number of aryl methyl sites for hydroxylation is 2. The summed E-state index contributed by atoms with van der Waals surface area (Å²) in [5, 5.41) is 4.95. The van der Waals surface area contributed by atoms with E-state index in [-0.39, 0.29) is 17.9 Å². The van der Waals surface area contributed by atoms with Crippen LogP contribution in [0.15, 0.2) is 29.8 Å². The van der Waals surface area contributed by atoms with Crippen molar-refractivity contribution in [2.45, 2.75) is 32.7 Å². The highest BCUT2D eigenvalue weighted by molar-refractivity contribution is 7.12. The Kier molecular flexibility index (Phi) is 4.94. The van der Waals surface area contributed by atoms with Crippen molar-refractivity contribution in [2.75, 3.05) is 13.1 Å². The van der Waals surface area contributed by atoms with Crippen LogP contribution in [0.4, 0.5) is 0 Å². The van der Waals surface area contributed by atoms with Crippen LogP contribution in [0.2, 0.25) is 0 Å². The van der Waals surface area contributed by atoms with Gasteiger partial charge in [-0.05, 0) is 49.8 Å². The van der Waals surface area contributed by atoms with E-state index in [0.29, 0.717) is 12.1 Å². The molecule has 126 valence electrons. The molecule has 3 rings (SSSR count). The number of aromatic nitrogens is 1. The first-order chi connectivity index (χ1) is 11.5. The van der Waals surface area contributed by atoms with Gasteiger partial charge in [-0.25, -0.2) is 0 Å². The number of amides is 2. The van der Waals surface area contributed by atoms with Gasteiger partial charge in [0.2, 0.25) is 0 Å². The van der Waals surface area contributed by atoms with E-state index in [9.17, 15) is 9.59 Å². The van der Waals surface area contributed by atoms with Crippen molar-refractivity contribution in [3.05, 3.63) is 51.5 Å². The number of carbonyl (C=O) groups excluding carboxylic acids is 2. The number of pyridine rings is 1. The number of piperidine rings is 1. The lowest BCUT2D eigenvalue weighted by molar-refractivity contribution is 0.0680. The Balaban J connectivity index is 1.63. The number of rotatable bonds is 3. The topological polar surface area (TPSA) is 62.3 Å². The molecule has 2 aromatic rings. The van der Waals surface area contributed by atoms with E-state index >= 15 is 0 Å². The van der Waals surface area contributed by atoms with Crippen molar-refractivity contribution in [3.63, 3.8) is 0 Å². The van der Waals surface area contributed by atoms with Crippen LogP contribution in [0.5, 0.6) is 0 Å². The predicted octanol–water partition coefficient (Wildman–Crippen LogP) is 2.79. The zero-order valence-corrected chi connectivity index (χ0v) is 14.7. The largest absolute Gasteiger partial charge is 0.347 e. The molecular weight excluding hydrogens is 322 g/mol. The van der Waals surface area contributed by atoms with Gasteiger partial charge in [-0.2, -0.15) is 0 Å². The molecule has 1 atom stereocenters. The standard InChI is InChI=1S/C18H21N3O2S/c1-12-9-14(10-19-13(12)2)17(22)20-15-5-3-7-21(11-15)18(23)16-6-4-8-24-16/h4,6,8-10,15H,3,5,7,11H2,1-2H3,(H,20,22)/t15-/m1/s1. The lowest BCUT2D eigenvalue weighted by Crippen LogP contribution is -2.49. The molecule has 24 heavy (non-hydrogen) atoms. The molecular formula is C18H21N3O2S. The molecule has 2 aromatic heterocycles. The van der Waals surface area contributed by atoms with Gasteiger partial charge >= 0.3 is 0 Å². The summed E-state index contributed by atoms with van der Waals surface area (Å²) in [6.07, 6.45) is 3.39. The number of likely N-dealkylation sites (tertiary alicyclic amines) is 1. The van der Waals surface area contributed by atoms with Crippen molar-refractivity contribution < 1.29 is 9.59 Å². The third-order valence-corrected chi connectivity index (χ3v) is 5.24. The highest BCUT2D eigenvalue weighted by Gasteiger charge is 2.26. The molecule has 1 aliphatic rings. The molecule has 0 bridgehead atoms. The number of nitrogens with zero attached hydrogens (tertiary/aromatic N) is 2. The van der Waals surface area contributed by atoms with Gasteiger partial charge in [0, 0.05) is 31.0 Å². The summed E-state index contributed by atoms with van der Waals surface area (Å²) in [5.41, 5.74) is 2.50. The molecule has 0 aromatic carbocycles. The summed E-state index contributed by atoms with van der Waals surface area (Å²) in [6.45, 7) is 5.17. The first kappa shape index (κ1) is 16.6. The third kappa shape index (κ3) is 3.64. The van der Waals surface area contributed by atoms with E-state index in [1.165, 1.54) is 11.3 Å². The van der Waals surface area contributed by atoms with Crippen molar-refractivity contribution in [3.8, 4) is 0 Å². The predicted molar refractivity (Wildman–Crippen MR) is 94.4 cm³/mol. The summed E-state index contributed by atoms with van der Waals surface area (Å²) < 4.78 is 0. The smallest absolute Gasteiger partial charge is 0.263 e. The van der Waals surface area contributed by atoms with Crippen LogP contribution in [0.1, 0.15) is 44.1 Å². The van der Waals surface area contributed by atoms with Gasteiger partial charge in [-0.1, -0.05) is 6.07 Å². The molecule has 1 N–H and O–H groups in total. The van der Waals surface area contributed by atoms with Crippen LogP contribution in [0.25, 0.3) is 0 Å². The first-order valence-electron chi connectivity index (χ1n) is 8.11. The van der Waals surface area contributed by atoms with Crippen molar-refractivity contribution in [2.24, 2.45) is 0 Å². The van der Waals surface area contributed by atoms with E-state index < -0.39 is 0 Å². The van der Waals surface area contributed by atoms with Crippen molar-refractivity contribution in [1.29, 1.82) is 0 Å². The Morgan fingerprint density at radius 2 is 2.21 bits per heavy atom. The van der Waals surface area contributed by atoms with Crippen LogP contribution in [0, 0.1) is 13.8 Å². The number of hydrogen-bond donors (Lipinski definition) is 1. The van der Waals surface area contributed by atoms with Crippen LogP contribution >= 0.6 is 11.3 Å². The van der Waals surface area contributed by atoms with Crippen LogP contribution in [0.3, 0.4) is 0 Å². The number of nitrogens with one attached hydrogen (secondary N) is 1. The van der Waals surface area contributed by atoms with Crippen LogP contribution in [-0.2, 0) is 0 Å². The zero-order valence-electron chi connectivity index (χ0n) is 13.9. The van der Waals surface area contributed by atoms with Gasteiger partial charge < -0.3 is 10.2 Å².